The second kappa shape index (κ2) is 3.33. The highest BCUT2D eigenvalue weighted by Gasteiger charge is 2.12. The summed E-state index contributed by atoms with van der Waals surface area (Å²) in [5, 5.41) is 0. The zero-order valence-corrected chi connectivity index (χ0v) is 7.12. The zero-order valence-electron chi connectivity index (χ0n) is 7.12. The minimum Gasteiger partial charge on any atom is -0.454 e. The standard InChI is InChI=1S/C10H9NO2/c1-2-11-6-8-3-4-9-10(5-8)13-7-12-9/h3-5H,1,6-7H2. The number of nitrogens with zero attached hydrogens (tertiary/aromatic N) is 1. The van der Waals surface area contributed by atoms with Crippen molar-refractivity contribution < 1.29 is 9.47 Å². The number of ether oxygens (including phenoxy) is 2. The maximum atomic E-state index is 5.22. The van der Waals surface area contributed by atoms with Gasteiger partial charge in [0.1, 0.15) is 0 Å². The molecule has 13 heavy (non-hydrogen) atoms. The largest absolute Gasteiger partial charge is 0.454 e. The molecule has 0 bridgehead atoms. The van der Waals surface area contributed by atoms with Crippen LogP contribution in [0.5, 0.6) is 11.5 Å². The predicted octanol–water partition coefficient (Wildman–Crippen LogP) is 1.77. The third kappa shape index (κ3) is 1.55. The molecule has 1 aliphatic rings. The number of benzene rings is 1. The second-order valence-electron chi connectivity index (χ2n) is 2.66. The van der Waals surface area contributed by atoms with Crippen molar-refractivity contribution in [2.24, 2.45) is 4.99 Å². The summed E-state index contributed by atoms with van der Waals surface area (Å²) in [4.78, 5) is 3.91. The molecule has 0 amide bonds. The van der Waals surface area contributed by atoms with E-state index in [-0.39, 0.29) is 0 Å². The van der Waals surface area contributed by atoms with Crippen LogP contribution in [-0.4, -0.2) is 12.7 Å². The molecular weight excluding hydrogens is 166 g/mol. The van der Waals surface area contributed by atoms with Crippen LogP contribution in [0.25, 0.3) is 0 Å². The molecule has 2 rings (SSSR count). The number of hydrogen-bond acceptors (Lipinski definition) is 3. The van der Waals surface area contributed by atoms with Gasteiger partial charge in [-0.3, -0.25) is 0 Å². The van der Waals surface area contributed by atoms with Crippen LogP contribution in [0.1, 0.15) is 5.56 Å². The molecule has 1 aromatic rings. The molecule has 0 aromatic heterocycles. The number of aliphatic imine (C=N–C) groups is 1. The normalized spacial score (nSPS) is 12.3. The van der Waals surface area contributed by atoms with Crippen molar-refractivity contribution in [1.29, 1.82) is 0 Å². The van der Waals surface area contributed by atoms with Crippen LogP contribution in [-0.2, 0) is 6.54 Å². The van der Waals surface area contributed by atoms with Crippen LogP contribution in [0.2, 0.25) is 0 Å². The van der Waals surface area contributed by atoms with Gasteiger partial charge in [-0.05, 0) is 30.1 Å². The summed E-state index contributed by atoms with van der Waals surface area (Å²) in [6, 6.07) is 5.76. The van der Waals surface area contributed by atoms with Gasteiger partial charge >= 0.3 is 0 Å². The maximum absolute atomic E-state index is 5.22. The van der Waals surface area contributed by atoms with E-state index in [9.17, 15) is 0 Å². The number of fused-ring (bicyclic) bond motifs is 1. The van der Waals surface area contributed by atoms with Crippen LogP contribution in [0.3, 0.4) is 0 Å². The van der Waals surface area contributed by atoms with E-state index in [4.69, 9.17) is 9.47 Å². The summed E-state index contributed by atoms with van der Waals surface area (Å²) >= 11 is 0. The minimum atomic E-state index is 0.309. The quantitative estimate of drug-likeness (QED) is 0.641. The molecule has 0 spiro atoms. The molecule has 3 heteroatoms. The van der Waals surface area contributed by atoms with Crippen molar-refractivity contribution in [1.82, 2.24) is 0 Å². The van der Waals surface area contributed by atoms with Crippen molar-refractivity contribution in [3.63, 3.8) is 0 Å². The second-order valence-corrected chi connectivity index (χ2v) is 2.66. The Morgan fingerprint density at radius 2 is 2.23 bits per heavy atom. The maximum Gasteiger partial charge on any atom is 0.231 e. The van der Waals surface area contributed by atoms with Crippen molar-refractivity contribution in [3.8, 4) is 11.5 Å². The molecule has 0 N–H and O–H groups in total. The van der Waals surface area contributed by atoms with E-state index in [0.29, 0.717) is 13.3 Å². The van der Waals surface area contributed by atoms with Crippen molar-refractivity contribution >= 4 is 5.87 Å². The Hall–Kier alpha value is -1.73. The Kier molecular flexibility index (Phi) is 2.02. The molecule has 0 saturated carbocycles. The van der Waals surface area contributed by atoms with Crippen LogP contribution < -0.4 is 9.47 Å². The Balaban J connectivity index is 2.25. The summed E-state index contributed by atoms with van der Waals surface area (Å²) < 4.78 is 10.4. The molecule has 0 fully saturated rings. The van der Waals surface area contributed by atoms with E-state index in [0.717, 1.165) is 17.1 Å². The molecule has 1 heterocycles. The smallest absolute Gasteiger partial charge is 0.231 e. The van der Waals surface area contributed by atoms with Gasteiger partial charge in [-0.25, -0.2) is 4.99 Å². The van der Waals surface area contributed by atoms with Gasteiger partial charge in [0.05, 0.1) is 6.54 Å². The molecular formula is C10H9NO2. The van der Waals surface area contributed by atoms with Crippen LogP contribution in [0, 0.1) is 0 Å². The molecule has 1 aromatic carbocycles. The van der Waals surface area contributed by atoms with Gasteiger partial charge in [-0.2, -0.15) is 0 Å². The molecule has 0 aliphatic carbocycles. The van der Waals surface area contributed by atoms with E-state index in [1.807, 2.05) is 18.2 Å². The van der Waals surface area contributed by atoms with Gasteiger partial charge in [0.2, 0.25) is 6.79 Å². The minimum absolute atomic E-state index is 0.309. The molecule has 0 unspecified atom stereocenters. The molecule has 3 nitrogen and oxygen atoms in total. The number of rotatable bonds is 2. The van der Waals surface area contributed by atoms with E-state index in [1.54, 1.807) is 0 Å². The van der Waals surface area contributed by atoms with Crippen molar-refractivity contribution in [3.05, 3.63) is 30.3 Å². The Bertz CT molecular complexity index is 367. The van der Waals surface area contributed by atoms with Gasteiger partial charge in [0.15, 0.2) is 11.5 Å². The van der Waals surface area contributed by atoms with E-state index in [2.05, 4.69) is 17.4 Å². The zero-order chi connectivity index (χ0) is 9.10. The first-order valence-corrected chi connectivity index (χ1v) is 3.97. The molecule has 0 radical (unpaired) electrons. The Morgan fingerprint density at radius 3 is 3.08 bits per heavy atom. The summed E-state index contributed by atoms with van der Waals surface area (Å²) in [5.41, 5.74) is 1.07. The summed E-state index contributed by atoms with van der Waals surface area (Å²) in [6.07, 6.45) is 0. The number of hydrogen-bond donors (Lipinski definition) is 0. The average molecular weight is 175 g/mol. The van der Waals surface area contributed by atoms with E-state index in [1.165, 1.54) is 0 Å². The Labute approximate surface area is 76.3 Å². The van der Waals surface area contributed by atoms with Crippen molar-refractivity contribution in [2.75, 3.05) is 6.79 Å². The lowest BCUT2D eigenvalue weighted by Gasteiger charge is -1.98. The highest BCUT2D eigenvalue weighted by Crippen LogP contribution is 2.32. The fraction of sp³-hybridized carbons (Fsp3) is 0.200. The lowest BCUT2D eigenvalue weighted by molar-refractivity contribution is 0.174. The third-order valence-corrected chi connectivity index (χ3v) is 1.81. The summed E-state index contributed by atoms with van der Waals surface area (Å²) in [7, 11) is 0. The van der Waals surface area contributed by atoms with Gasteiger partial charge in [-0.1, -0.05) is 6.07 Å². The fourth-order valence-electron chi connectivity index (χ4n) is 1.19. The van der Waals surface area contributed by atoms with Crippen LogP contribution >= 0.6 is 0 Å². The lowest BCUT2D eigenvalue weighted by Crippen LogP contribution is -1.92. The Morgan fingerprint density at radius 1 is 1.38 bits per heavy atom. The van der Waals surface area contributed by atoms with E-state index >= 15 is 0 Å². The van der Waals surface area contributed by atoms with Gasteiger partial charge in [-0.15, -0.1) is 0 Å². The van der Waals surface area contributed by atoms with Crippen LogP contribution in [0.15, 0.2) is 29.8 Å². The monoisotopic (exact) mass is 175 g/mol. The fourth-order valence-corrected chi connectivity index (χ4v) is 1.19. The van der Waals surface area contributed by atoms with E-state index < -0.39 is 0 Å². The average Bonchev–Trinajstić information content (AvgIpc) is 2.61. The predicted molar refractivity (Wildman–Crippen MR) is 49.3 cm³/mol. The highest BCUT2D eigenvalue weighted by atomic mass is 16.7. The molecule has 0 atom stereocenters. The van der Waals surface area contributed by atoms with Crippen molar-refractivity contribution in [2.45, 2.75) is 6.54 Å². The first-order chi connectivity index (χ1) is 6.40. The SMILES string of the molecule is C=C=NCc1ccc2c(c1)OCO2. The lowest BCUT2D eigenvalue weighted by atomic mass is 10.2. The topological polar surface area (TPSA) is 30.8 Å². The summed E-state index contributed by atoms with van der Waals surface area (Å²) in [6.45, 7) is 4.29. The third-order valence-electron chi connectivity index (χ3n) is 1.81. The van der Waals surface area contributed by atoms with Gasteiger partial charge < -0.3 is 9.47 Å². The summed E-state index contributed by atoms with van der Waals surface area (Å²) in [5.74, 6) is 4.07. The van der Waals surface area contributed by atoms with Gasteiger partial charge in [0, 0.05) is 0 Å². The molecule has 1 aliphatic heterocycles. The van der Waals surface area contributed by atoms with Gasteiger partial charge in [0.25, 0.3) is 0 Å². The molecule has 66 valence electrons. The molecule has 0 saturated heterocycles. The highest BCUT2D eigenvalue weighted by molar-refractivity contribution is 5.48. The first-order valence-electron chi connectivity index (χ1n) is 3.97. The first kappa shape index (κ1) is 7.90. The van der Waals surface area contributed by atoms with Crippen LogP contribution in [0.4, 0.5) is 0 Å².